The first-order valence-electron chi connectivity index (χ1n) is 9.12. The molecule has 136 valence electrons. The zero-order chi connectivity index (χ0) is 17.7. The number of carbonyl (C=O) groups is 2. The van der Waals surface area contributed by atoms with E-state index in [4.69, 9.17) is 9.47 Å². The highest BCUT2D eigenvalue weighted by Gasteiger charge is 2.29. The SMILES string of the molecule is CCCCCOC(=O)CC(CC(C)(C)C)C(=O)OCCCCC. The summed E-state index contributed by atoms with van der Waals surface area (Å²) in [6, 6.07) is 0. The first-order valence-corrected chi connectivity index (χ1v) is 9.12. The predicted octanol–water partition coefficient (Wildman–Crippen LogP) is 4.90. The summed E-state index contributed by atoms with van der Waals surface area (Å²) in [5.74, 6) is -0.960. The summed E-state index contributed by atoms with van der Waals surface area (Å²) < 4.78 is 10.6. The minimum Gasteiger partial charge on any atom is -0.466 e. The summed E-state index contributed by atoms with van der Waals surface area (Å²) in [5, 5.41) is 0. The van der Waals surface area contributed by atoms with Gasteiger partial charge in [-0.15, -0.1) is 0 Å². The molecule has 0 fully saturated rings. The molecular formula is C19H36O4. The normalized spacial score (nSPS) is 12.7. The molecule has 0 aromatic rings. The van der Waals surface area contributed by atoms with Crippen molar-refractivity contribution in [2.45, 2.75) is 86.0 Å². The molecule has 0 aliphatic rings. The van der Waals surface area contributed by atoms with Crippen LogP contribution < -0.4 is 0 Å². The Morgan fingerprint density at radius 3 is 1.87 bits per heavy atom. The lowest BCUT2D eigenvalue weighted by atomic mass is 9.83. The Morgan fingerprint density at radius 2 is 1.39 bits per heavy atom. The van der Waals surface area contributed by atoms with Crippen molar-refractivity contribution in [2.24, 2.45) is 11.3 Å². The molecule has 4 nitrogen and oxygen atoms in total. The van der Waals surface area contributed by atoms with Gasteiger partial charge in [-0.1, -0.05) is 60.3 Å². The lowest BCUT2D eigenvalue weighted by Crippen LogP contribution is -2.27. The Kier molecular flexibility index (Phi) is 11.8. The van der Waals surface area contributed by atoms with E-state index < -0.39 is 5.92 Å². The van der Waals surface area contributed by atoms with Crippen LogP contribution in [0.3, 0.4) is 0 Å². The van der Waals surface area contributed by atoms with Crippen LogP contribution in [0.15, 0.2) is 0 Å². The number of hydrogen-bond acceptors (Lipinski definition) is 4. The maximum Gasteiger partial charge on any atom is 0.309 e. The second-order valence-electron chi connectivity index (χ2n) is 7.47. The molecule has 0 amide bonds. The van der Waals surface area contributed by atoms with Crippen LogP contribution in [-0.2, 0) is 19.1 Å². The topological polar surface area (TPSA) is 52.6 Å². The van der Waals surface area contributed by atoms with Crippen molar-refractivity contribution >= 4 is 11.9 Å². The minimum absolute atomic E-state index is 0.0321. The summed E-state index contributed by atoms with van der Waals surface area (Å²) >= 11 is 0. The Balaban J connectivity index is 4.38. The van der Waals surface area contributed by atoms with E-state index >= 15 is 0 Å². The Hall–Kier alpha value is -1.06. The molecule has 0 radical (unpaired) electrons. The number of esters is 2. The van der Waals surface area contributed by atoms with Crippen LogP contribution >= 0.6 is 0 Å². The average molecular weight is 328 g/mol. The second-order valence-corrected chi connectivity index (χ2v) is 7.47. The van der Waals surface area contributed by atoms with Crippen molar-refractivity contribution in [3.05, 3.63) is 0 Å². The largest absolute Gasteiger partial charge is 0.466 e. The van der Waals surface area contributed by atoms with Gasteiger partial charge in [-0.3, -0.25) is 9.59 Å². The third-order valence-corrected chi connectivity index (χ3v) is 3.61. The smallest absolute Gasteiger partial charge is 0.309 e. The maximum absolute atomic E-state index is 12.3. The van der Waals surface area contributed by atoms with E-state index in [1.807, 2.05) is 0 Å². The molecule has 0 rings (SSSR count). The van der Waals surface area contributed by atoms with Crippen LogP contribution in [-0.4, -0.2) is 25.2 Å². The van der Waals surface area contributed by atoms with E-state index in [0.29, 0.717) is 19.6 Å². The van der Waals surface area contributed by atoms with Crippen LogP contribution in [0.5, 0.6) is 0 Å². The van der Waals surface area contributed by atoms with E-state index in [-0.39, 0.29) is 23.8 Å². The van der Waals surface area contributed by atoms with Gasteiger partial charge in [0.15, 0.2) is 0 Å². The van der Waals surface area contributed by atoms with Crippen LogP contribution in [0.1, 0.15) is 86.0 Å². The number of hydrogen-bond donors (Lipinski definition) is 0. The van der Waals surface area contributed by atoms with Gasteiger partial charge in [0, 0.05) is 0 Å². The van der Waals surface area contributed by atoms with Gasteiger partial charge in [0.05, 0.1) is 25.6 Å². The molecule has 1 unspecified atom stereocenters. The highest BCUT2D eigenvalue weighted by molar-refractivity contribution is 5.80. The van der Waals surface area contributed by atoms with E-state index in [0.717, 1.165) is 38.5 Å². The number of rotatable bonds is 12. The lowest BCUT2D eigenvalue weighted by Gasteiger charge is -2.24. The molecule has 0 heterocycles. The van der Waals surface area contributed by atoms with Crippen LogP contribution in [0, 0.1) is 11.3 Å². The fraction of sp³-hybridized carbons (Fsp3) is 0.895. The summed E-state index contributed by atoms with van der Waals surface area (Å²) in [6.45, 7) is 11.3. The fourth-order valence-corrected chi connectivity index (χ4v) is 2.42. The molecule has 0 bridgehead atoms. The van der Waals surface area contributed by atoms with Crippen molar-refractivity contribution in [3.8, 4) is 0 Å². The molecule has 0 N–H and O–H groups in total. The molecule has 1 atom stereocenters. The molecule has 0 spiro atoms. The van der Waals surface area contributed by atoms with Crippen molar-refractivity contribution in [1.82, 2.24) is 0 Å². The highest BCUT2D eigenvalue weighted by atomic mass is 16.5. The molecule has 0 aliphatic heterocycles. The average Bonchev–Trinajstić information content (AvgIpc) is 2.46. The van der Waals surface area contributed by atoms with Crippen LogP contribution in [0.2, 0.25) is 0 Å². The quantitative estimate of drug-likeness (QED) is 0.378. The third kappa shape index (κ3) is 13.1. The van der Waals surface area contributed by atoms with Gasteiger partial charge in [-0.05, 0) is 24.7 Å². The minimum atomic E-state index is -0.407. The van der Waals surface area contributed by atoms with Crippen molar-refractivity contribution in [1.29, 1.82) is 0 Å². The molecule has 0 aliphatic carbocycles. The predicted molar refractivity (Wildman–Crippen MR) is 93.1 cm³/mol. The van der Waals surface area contributed by atoms with Gasteiger partial charge in [-0.2, -0.15) is 0 Å². The standard InChI is InChI=1S/C19H36O4/c1-6-8-10-12-22-17(20)14-16(15-19(3,4)5)18(21)23-13-11-9-7-2/h16H,6-15H2,1-5H3. The number of carbonyl (C=O) groups excluding carboxylic acids is 2. The summed E-state index contributed by atoms with van der Waals surface area (Å²) in [4.78, 5) is 24.2. The Bertz CT molecular complexity index is 331. The van der Waals surface area contributed by atoms with E-state index in [9.17, 15) is 9.59 Å². The van der Waals surface area contributed by atoms with E-state index in [2.05, 4.69) is 34.6 Å². The lowest BCUT2D eigenvalue weighted by molar-refractivity contribution is -0.156. The maximum atomic E-state index is 12.3. The van der Waals surface area contributed by atoms with Gasteiger partial charge in [-0.25, -0.2) is 0 Å². The van der Waals surface area contributed by atoms with Crippen molar-refractivity contribution in [3.63, 3.8) is 0 Å². The van der Waals surface area contributed by atoms with Crippen LogP contribution in [0.4, 0.5) is 0 Å². The zero-order valence-corrected chi connectivity index (χ0v) is 15.8. The monoisotopic (exact) mass is 328 g/mol. The van der Waals surface area contributed by atoms with Crippen LogP contribution in [0.25, 0.3) is 0 Å². The molecule has 0 saturated heterocycles. The van der Waals surface area contributed by atoms with Gasteiger partial charge in [0.25, 0.3) is 0 Å². The summed E-state index contributed by atoms with van der Waals surface area (Å²) in [7, 11) is 0. The Labute approximate surface area is 142 Å². The van der Waals surface area contributed by atoms with Gasteiger partial charge in [0.2, 0.25) is 0 Å². The third-order valence-electron chi connectivity index (χ3n) is 3.61. The van der Waals surface area contributed by atoms with Gasteiger partial charge < -0.3 is 9.47 Å². The first kappa shape index (κ1) is 21.9. The summed E-state index contributed by atoms with van der Waals surface area (Å²) in [5.41, 5.74) is -0.0321. The van der Waals surface area contributed by atoms with Crippen molar-refractivity contribution < 1.29 is 19.1 Å². The van der Waals surface area contributed by atoms with Crippen molar-refractivity contribution in [2.75, 3.05) is 13.2 Å². The molecule has 23 heavy (non-hydrogen) atoms. The zero-order valence-electron chi connectivity index (χ0n) is 15.8. The first-order chi connectivity index (χ1) is 10.8. The molecule has 4 heteroatoms. The molecular weight excluding hydrogens is 292 g/mol. The van der Waals surface area contributed by atoms with Gasteiger partial charge >= 0.3 is 11.9 Å². The number of ether oxygens (including phenoxy) is 2. The fourth-order valence-electron chi connectivity index (χ4n) is 2.42. The summed E-state index contributed by atoms with van der Waals surface area (Å²) in [6.07, 6.45) is 6.80. The number of unbranched alkanes of at least 4 members (excludes halogenated alkanes) is 4. The van der Waals surface area contributed by atoms with Gasteiger partial charge in [0.1, 0.15) is 0 Å². The molecule has 0 aromatic heterocycles. The van der Waals surface area contributed by atoms with E-state index in [1.165, 1.54) is 0 Å². The molecule has 0 aromatic carbocycles. The van der Waals surface area contributed by atoms with E-state index in [1.54, 1.807) is 0 Å². The highest BCUT2D eigenvalue weighted by Crippen LogP contribution is 2.27. The Morgan fingerprint density at radius 1 is 0.870 bits per heavy atom. The second kappa shape index (κ2) is 12.4. The molecule has 0 saturated carbocycles.